The Morgan fingerprint density at radius 1 is 1.03 bits per heavy atom. The maximum atomic E-state index is 13.1. The number of nitrogens with zero attached hydrogens (tertiary/aromatic N) is 3. The highest BCUT2D eigenvalue weighted by Crippen LogP contribution is 2.32. The molecule has 11 heteroatoms. The van der Waals surface area contributed by atoms with Crippen LogP contribution in [0.3, 0.4) is 0 Å². The van der Waals surface area contributed by atoms with E-state index in [0.717, 1.165) is 12.1 Å². The van der Waals surface area contributed by atoms with Crippen LogP contribution < -0.4 is 5.32 Å². The lowest BCUT2D eigenvalue weighted by Crippen LogP contribution is -2.52. The third-order valence-corrected chi connectivity index (χ3v) is 4.45. The molecular formula is C18H17F3N4O4. The number of hydrogen-bond donors (Lipinski definition) is 1. The molecule has 0 atom stereocenters. The number of carbonyl (C=O) groups is 3. The van der Waals surface area contributed by atoms with Gasteiger partial charge < -0.3 is 19.6 Å². The first-order chi connectivity index (χ1) is 13.8. The molecule has 1 aromatic heterocycles. The number of nitrogens with one attached hydrogen (secondary N) is 1. The van der Waals surface area contributed by atoms with Gasteiger partial charge in [0.2, 0.25) is 5.91 Å². The van der Waals surface area contributed by atoms with E-state index in [2.05, 4.69) is 15.0 Å². The predicted molar refractivity (Wildman–Crippen MR) is 92.8 cm³/mol. The number of alkyl halides is 3. The van der Waals surface area contributed by atoms with Gasteiger partial charge in [-0.1, -0.05) is 17.3 Å². The smallest absolute Gasteiger partial charge is 0.364 e. The van der Waals surface area contributed by atoms with Gasteiger partial charge in [-0.05, 0) is 12.1 Å². The van der Waals surface area contributed by atoms with Crippen molar-refractivity contribution in [3.8, 4) is 0 Å². The first-order valence-corrected chi connectivity index (χ1v) is 8.69. The monoisotopic (exact) mass is 410 g/mol. The second-order valence-electron chi connectivity index (χ2n) is 6.28. The molecule has 0 bridgehead atoms. The number of benzene rings is 1. The highest BCUT2D eigenvalue weighted by Gasteiger charge is 2.36. The molecule has 0 unspecified atom stereocenters. The lowest BCUT2D eigenvalue weighted by Gasteiger charge is -2.35. The van der Waals surface area contributed by atoms with Gasteiger partial charge in [-0.3, -0.25) is 14.4 Å². The van der Waals surface area contributed by atoms with E-state index in [1.54, 1.807) is 0 Å². The summed E-state index contributed by atoms with van der Waals surface area (Å²) in [7, 11) is 0. The third kappa shape index (κ3) is 4.73. The SMILES string of the molecule is O=C(NCC(=O)N1CCN(C(=O)c2ccccc2C(F)(F)F)CC1)c1ccon1. The van der Waals surface area contributed by atoms with Crippen LogP contribution in [0.1, 0.15) is 26.4 Å². The van der Waals surface area contributed by atoms with Gasteiger partial charge in [0.25, 0.3) is 11.8 Å². The van der Waals surface area contributed by atoms with Crippen LogP contribution in [-0.2, 0) is 11.0 Å². The summed E-state index contributed by atoms with van der Waals surface area (Å²) >= 11 is 0. The van der Waals surface area contributed by atoms with E-state index in [9.17, 15) is 27.6 Å². The van der Waals surface area contributed by atoms with E-state index in [0.29, 0.717) is 0 Å². The van der Waals surface area contributed by atoms with Crippen LogP contribution in [0.25, 0.3) is 0 Å². The van der Waals surface area contributed by atoms with Crippen LogP contribution in [0.2, 0.25) is 0 Å². The van der Waals surface area contributed by atoms with Crippen molar-refractivity contribution in [2.75, 3.05) is 32.7 Å². The number of amides is 3. The summed E-state index contributed by atoms with van der Waals surface area (Å²) in [6.45, 7) is 0.218. The van der Waals surface area contributed by atoms with Gasteiger partial charge in [0, 0.05) is 32.2 Å². The summed E-state index contributed by atoms with van der Waals surface area (Å²) in [6.07, 6.45) is -3.41. The Morgan fingerprint density at radius 3 is 2.31 bits per heavy atom. The quantitative estimate of drug-likeness (QED) is 0.822. The van der Waals surface area contributed by atoms with Crippen LogP contribution >= 0.6 is 0 Å². The molecule has 0 saturated carbocycles. The van der Waals surface area contributed by atoms with Gasteiger partial charge in [0.1, 0.15) is 6.26 Å². The Kier molecular flexibility index (Phi) is 5.85. The fourth-order valence-electron chi connectivity index (χ4n) is 2.93. The summed E-state index contributed by atoms with van der Waals surface area (Å²) < 4.78 is 43.9. The van der Waals surface area contributed by atoms with Crippen molar-refractivity contribution in [2.45, 2.75) is 6.18 Å². The minimum Gasteiger partial charge on any atom is -0.364 e. The molecule has 0 aliphatic carbocycles. The Balaban J connectivity index is 1.55. The van der Waals surface area contributed by atoms with Crippen molar-refractivity contribution < 1.29 is 32.1 Å². The Labute approximate surface area is 163 Å². The zero-order chi connectivity index (χ0) is 21.0. The average molecular weight is 410 g/mol. The first kappa shape index (κ1) is 20.4. The molecule has 1 fully saturated rings. The molecule has 0 spiro atoms. The van der Waals surface area contributed by atoms with Crippen molar-refractivity contribution in [3.05, 3.63) is 53.4 Å². The van der Waals surface area contributed by atoms with Gasteiger partial charge in [-0.25, -0.2) is 0 Å². The molecule has 2 heterocycles. The summed E-state index contributed by atoms with van der Waals surface area (Å²) in [6, 6.07) is 5.96. The zero-order valence-corrected chi connectivity index (χ0v) is 15.1. The Hall–Kier alpha value is -3.37. The Morgan fingerprint density at radius 2 is 1.69 bits per heavy atom. The second kappa shape index (κ2) is 8.33. The predicted octanol–water partition coefficient (Wildman–Crippen LogP) is 1.41. The van der Waals surface area contributed by atoms with Crippen LogP contribution in [0, 0.1) is 0 Å². The van der Waals surface area contributed by atoms with E-state index in [1.807, 2.05) is 0 Å². The summed E-state index contributed by atoms with van der Waals surface area (Å²) in [4.78, 5) is 39.2. The minimum absolute atomic E-state index is 0.0385. The van der Waals surface area contributed by atoms with Gasteiger partial charge in [0.15, 0.2) is 5.69 Å². The van der Waals surface area contributed by atoms with Gasteiger partial charge in [0.05, 0.1) is 17.7 Å². The van der Waals surface area contributed by atoms with Crippen LogP contribution in [0.4, 0.5) is 13.2 Å². The van der Waals surface area contributed by atoms with Crippen molar-refractivity contribution >= 4 is 17.7 Å². The first-order valence-electron chi connectivity index (χ1n) is 8.69. The van der Waals surface area contributed by atoms with Crippen LogP contribution in [0.15, 0.2) is 41.1 Å². The molecule has 0 radical (unpaired) electrons. The summed E-state index contributed by atoms with van der Waals surface area (Å²) in [5.74, 6) is -1.67. The highest BCUT2D eigenvalue weighted by atomic mass is 19.4. The molecule has 154 valence electrons. The molecule has 8 nitrogen and oxygen atoms in total. The van der Waals surface area contributed by atoms with Gasteiger partial charge in [-0.15, -0.1) is 0 Å². The van der Waals surface area contributed by atoms with E-state index in [4.69, 9.17) is 0 Å². The number of hydrogen-bond acceptors (Lipinski definition) is 5. The van der Waals surface area contributed by atoms with Crippen molar-refractivity contribution in [1.29, 1.82) is 0 Å². The molecule has 2 aromatic rings. The molecule has 1 N–H and O–H groups in total. The Bertz CT molecular complexity index is 891. The lowest BCUT2D eigenvalue weighted by atomic mass is 10.1. The standard InChI is InChI=1S/C18H17F3N4O4/c19-18(20,21)13-4-2-1-3-12(13)17(28)25-8-6-24(7-9-25)15(26)11-22-16(27)14-5-10-29-23-14/h1-5,10H,6-9,11H2,(H,22,27). The minimum atomic E-state index is -4.63. The molecule has 29 heavy (non-hydrogen) atoms. The van der Waals surface area contributed by atoms with E-state index < -0.39 is 29.1 Å². The number of carbonyl (C=O) groups excluding carboxylic acids is 3. The summed E-state index contributed by atoms with van der Waals surface area (Å²) in [5, 5.41) is 5.86. The third-order valence-electron chi connectivity index (χ3n) is 4.45. The number of piperazine rings is 1. The van der Waals surface area contributed by atoms with E-state index in [-0.39, 0.29) is 44.3 Å². The molecule has 1 aliphatic rings. The van der Waals surface area contributed by atoms with Crippen molar-refractivity contribution in [3.63, 3.8) is 0 Å². The fraction of sp³-hybridized carbons (Fsp3) is 0.333. The normalized spacial score (nSPS) is 14.6. The van der Waals surface area contributed by atoms with Gasteiger partial charge in [-0.2, -0.15) is 13.2 Å². The van der Waals surface area contributed by atoms with E-state index >= 15 is 0 Å². The molecular weight excluding hydrogens is 393 g/mol. The molecule has 1 aliphatic heterocycles. The maximum absolute atomic E-state index is 13.1. The average Bonchev–Trinajstić information content (AvgIpc) is 3.26. The largest absolute Gasteiger partial charge is 0.417 e. The highest BCUT2D eigenvalue weighted by molar-refractivity contribution is 5.96. The molecule has 1 saturated heterocycles. The van der Waals surface area contributed by atoms with Crippen molar-refractivity contribution in [2.24, 2.45) is 0 Å². The zero-order valence-electron chi connectivity index (χ0n) is 15.1. The van der Waals surface area contributed by atoms with Crippen LogP contribution in [-0.4, -0.2) is 65.4 Å². The lowest BCUT2D eigenvalue weighted by molar-refractivity contribution is -0.138. The summed E-state index contributed by atoms with van der Waals surface area (Å²) in [5.41, 5.74) is -1.37. The second-order valence-corrected chi connectivity index (χ2v) is 6.28. The van der Waals surface area contributed by atoms with E-state index in [1.165, 1.54) is 34.3 Å². The molecule has 1 aromatic carbocycles. The molecule has 3 amide bonds. The number of rotatable bonds is 4. The van der Waals surface area contributed by atoms with Gasteiger partial charge >= 0.3 is 6.18 Å². The maximum Gasteiger partial charge on any atom is 0.417 e. The fourth-order valence-corrected chi connectivity index (χ4v) is 2.93. The number of halogens is 3. The van der Waals surface area contributed by atoms with Crippen LogP contribution in [0.5, 0.6) is 0 Å². The molecule has 3 rings (SSSR count). The van der Waals surface area contributed by atoms with Crippen molar-refractivity contribution in [1.82, 2.24) is 20.3 Å². The number of aromatic nitrogens is 1. The topological polar surface area (TPSA) is 95.8 Å².